The van der Waals surface area contributed by atoms with Gasteiger partial charge < -0.3 is 10.4 Å². The molecule has 2 rings (SSSR count). The minimum absolute atomic E-state index is 0.0421. The van der Waals surface area contributed by atoms with Crippen LogP contribution >= 0.6 is 11.6 Å². The van der Waals surface area contributed by atoms with Gasteiger partial charge in [-0.1, -0.05) is 29.8 Å². The highest BCUT2D eigenvalue weighted by Crippen LogP contribution is 2.19. The molecule has 0 aliphatic carbocycles. The topological polar surface area (TPSA) is 73.7 Å². The second-order valence-corrected chi connectivity index (χ2v) is 5.10. The molecule has 0 bridgehead atoms. The predicted octanol–water partition coefficient (Wildman–Crippen LogP) is 2.92. The van der Waals surface area contributed by atoms with Gasteiger partial charge in [0.1, 0.15) is 5.75 Å². The van der Waals surface area contributed by atoms with Crippen molar-refractivity contribution >= 4 is 29.4 Å². The third kappa shape index (κ3) is 4.49. The Morgan fingerprint density at radius 2 is 2.09 bits per heavy atom. The van der Waals surface area contributed by atoms with E-state index in [-0.39, 0.29) is 18.2 Å². The summed E-state index contributed by atoms with van der Waals surface area (Å²) >= 11 is 5.82. The lowest BCUT2D eigenvalue weighted by molar-refractivity contribution is -0.119. The highest BCUT2D eigenvalue weighted by molar-refractivity contribution is 6.30. The van der Waals surface area contributed by atoms with Crippen molar-refractivity contribution in [1.29, 1.82) is 0 Å². The molecule has 0 aliphatic rings. The van der Waals surface area contributed by atoms with E-state index in [1.807, 2.05) is 31.2 Å². The summed E-state index contributed by atoms with van der Waals surface area (Å²) in [6, 6.07) is 12.3. The number of carbonyl (C=O) groups is 1. The van der Waals surface area contributed by atoms with Gasteiger partial charge in [0.2, 0.25) is 0 Å². The number of nitrogens with zero attached hydrogens (tertiary/aromatic N) is 1. The summed E-state index contributed by atoms with van der Waals surface area (Å²) in [5.74, 6) is -0.249. The summed E-state index contributed by atoms with van der Waals surface area (Å²) in [5, 5.41) is 16.9. The first-order valence-corrected chi connectivity index (χ1v) is 7.04. The molecule has 0 saturated heterocycles. The van der Waals surface area contributed by atoms with Gasteiger partial charge in [0.05, 0.1) is 12.8 Å². The highest BCUT2D eigenvalue weighted by atomic mass is 35.5. The van der Waals surface area contributed by atoms with Gasteiger partial charge in [-0.05, 0) is 36.8 Å². The van der Waals surface area contributed by atoms with Gasteiger partial charge in [0.15, 0.2) is 0 Å². The largest absolute Gasteiger partial charge is 0.507 e. The van der Waals surface area contributed by atoms with E-state index < -0.39 is 0 Å². The number of benzene rings is 2. The third-order valence-corrected chi connectivity index (χ3v) is 3.20. The van der Waals surface area contributed by atoms with Gasteiger partial charge in [-0.25, -0.2) is 5.43 Å². The predicted molar refractivity (Wildman–Crippen MR) is 88.5 cm³/mol. The Morgan fingerprint density at radius 3 is 2.86 bits per heavy atom. The Hall–Kier alpha value is -2.53. The maximum absolute atomic E-state index is 11.7. The maximum Gasteiger partial charge on any atom is 0.259 e. The second-order valence-electron chi connectivity index (χ2n) is 4.66. The molecule has 0 atom stereocenters. The molecule has 0 radical (unpaired) electrons. The molecule has 0 aromatic heterocycles. The number of aromatic hydroxyl groups is 1. The number of halogens is 1. The molecule has 114 valence electrons. The lowest BCUT2D eigenvalue weighted by Gasteiger charge is -2.07. The quantitative estimate of drug-likeness (QED) is 0.586. The Bertz CT molecular complexity index is 702. The average molecular weight is 318 g/mol. The number of hydrazone groups is 1. The fourth-order valence-electron chi connectivity index (χ4n) is 1.79. The molecule has 1 amide bonds. The number of anilines is 1. The molecule has 2 aromatic carbocycles. The highest BCUT2D eigenvalue weighted by Gasteiger charge is 2.02. The summed E-state index contributed by atoms with van der Waals surface area (Å²) in [6.45, 7) is 2.06. The van der Waals surface area contributed by atoms with Crippen molar-refractivity contribution in [2.75, 3.05) is 11.9 Å². The summed E-state index contributed by atoms with van der Waals surface area (Å²) in [5.41, 5.74) is 4.77. The molecule has 3 N–H and O–H groups in total. The molecule has 0 heterocycles. The van der Waals surface area contributed by atoms with Crippen molar-refractivity contribution in [2.24, 2.45) is 5.10 Å². The fraction of sp³-hybridized carbons (Fsp3) is 0.125. The van der Waals surface area contributed by atoms with E-state index in [0.29, 0.717) is 10.6 Å². The van der Waals surface area contributed by atoms with Crippen molar-refractivity contribution in [3.63, 3.8) is 0 Å². The van der Waals surface area contributed by atoms with Gasteiger partial charge in [-0.2, -0.15) is 5.10 Å². The molecule has 0 fully saturated rings. The smallest absolute Gasteiger partial charge is 0.259 e. The van der Waals surface area contributed by atoms with Crippen LogP contribution in [0.4, 0.5) is 5.69 Å². The molecule has 2 aromatic rings. The van der Waals surface area contributed by atoms with Crippen molar-refractivity contribution in [2.45, 2.75) is 6.92 Å². The van der Waals surface area contributed by atoms with Gasteiger partial charge in [-0.3, -0.25) is 4.79 Å². The average Bonchev–Trinajstić information content (AvgIpc) is 2.50. The van der Waals surface area contributed by atoms with Crippen molar-refractivity contribution in [1.82, 2.24) is 5.43 Å². The first-order chi connectivity index (χ1) is 10.6. The second kappa shape index (κ2) is 7.47. The number of carbonyl (C=O) groups excluding carboxylic acids is 1. The van der Waals surface area contributed by atoms with E-state index in [0.717, 1.165) is 11.3 Å². The standard InChI is InChI=1S/C16H16ClN3O2/c1-11-4-2-3-5-14(11)18-10-16(22)20-19-9-12-8-13(17)6-7-15(12)21/h2-9,18,21H,10H2,1H3,(H,20,22). The van der Waals surface area contributed by atoms with Gasteiger partial charge >= 0.3 is 0 Å². The van der Waals surface area contributed by atoms with Gasteiger partial charge in [0.25, 0.3) is 5.91 Å². The molecule has 5 nitrogen and oxygen atoms in total. The minimum atomic E-state index is -0.291. The summed E-state index contributed by atoms with van der Waals surface area (Å²) in [6.07, 6.45) is 1.34. The maximum atomic E-state index is 11.7. The first kappa shape index (κ1) is 15.9. The zero-order chi connectivity index (χ0) is 15.9. The number of amides is 1. The van der Waals surface area contributed by atoms with Crippen LogP contribution in [-0.4, -0.2) is 23.8 Å². The number of para-hydroxylation sites is 1. The number of aryl methyl sites for hydroxylation is 1. The van der Waals surface area contributed by atoms with E-state index in [9.17, 15) is 9.90 Å². The Labute approximate surface area is 133 Å². The molecular weight excluding hydrogens is 302 g/mol. The van der Waals surface area contributed by atoms with Crippen molar-refractivity contribution < 1.29 is 9.90 Å². The number of hydrogen-bond acceptors (Lipinski definition) is 4. The third-order valence-electron chi connectivity index (χ3n) is 2.97. The van der Waals surface area contributed by atoms with Crippen LogP contribution in [0.5, 0.6) is 5.75 Å². The lowest BCUT2D eigenvalue weighted by atomic mass is 10.2. The minimum Gasteiger partial charge on any atom is -0.507 e. The summed E-state index contributed by atoms with van der Waals surface area (Å²) in [4.78, 5) is 11.7. The van der Waals surface area contributed by atoms with Crippen LogP contribution in [0.2, 0.25) is 5.02 Å². The number of rotatable bonds is 5. The van der Waals surface area contributed by atoms with E-state index in [1.165, 1.54) is 12.3 Å². The van der Waals surface area contributed by atoms with Crippen LogP contribution in [0, 0.1) is 6.92 Å². The summed E-state index contributed by atoms with van der Waals surface area (Å²) in [7, 11) is 0. The van der Waals surface area contributed by atoms with Crippen LogP contribution in [0.25, 0.3) is 0 Å². The van der Waals surface area contributed by atoms with Crippen LogP contribution in [0.15, 0.2) is 47.6 Å². The van der Waals surface area contributed by atoms with E-state index >= 15 is 0 Å². The van der Waals surface area contributed by atoms with Crippen LogP contribution in [0.3, 0.4) is 0 Å². The molecule has 0 spiro atoms. The Balaban J connectivity index is 1.86. The normalized spacial score (nSPS) is 10.6. The molecule has 22 heavy (non-hydrogen) atoms. The molecule has 0 saturated carbocycles. The zero-order valence-corrected chi connectivity index (χ0v) is 12.8. The number of phenolic OH excluding ortho intramolecular Hbond substituents is 1. The van der Waals surface area contributed by atoms with E-state index in [2.05, 4.69) is 15.8 Å². The fourth-order valence-corrected chi connectivity index (χ4v) is 1.97. The Kier molecular flexibility index (Phi) is 5.38. The monoisotopic (exact) mass is 317 g/mol. The zero-order valence-electron chi connectivity index (χ0n) is 12.0. The van der Waals surface area contributed by atoms with Crippen LogP contribution in [-0.2, 0) is 4.79 Å². The number of phenols is 1. The van der Waals surface area contributed by atoms with E-state index in [4.69, 9.17) is 11.6 Å². The SMILES string of the molecule is Cc1ccccc1NCC(=O)NN=Cc1cc(Cl)ccc1O. The molecule has 0 unspecified atom stereocenters. The van der Waals surface area contributed by atoms with Crippen molar-refractivity contribution in [3.8, 4) is 5.75 Å². The molecule has 6 heteroatoms. The molecular formula is C16H16ClN3O2. The lowest BCUT2D eigenvalue weighted by Crippen LogP contribution is -2.26. The van der Waals surface area contributed by atoms with Gasteiger partial charge in [0, 0.05) is 16.3 Å². The number of nitrogens with one attached hydrogen (secondary N) is 2. The van der Waals surface area contributed by atoms with E-state index in [1.54, 1.807) is 12.1 Å². The van der Waals surface area contributed by atoms with Gasteiger partial charge in [-0.15, -0.1) is 0 Å². The first-order valence-electron chi connectivity index (χ1n) is 6.66. The van der Waals surface area contributed by atoms with Crippen LogP contribution in [0.1, 0.15) is 11.1 Å². The summed E-state index contributed by atoms with van der Waals surface area (Å²) < 4.78 is 0. The molecule has 0 aliphatic heterocycles. The van der Waals surface area contributed by atoms with Crippen molar-refractivity contribution in [3.05, 3.63) is 58.6 Å². The van der Waals surface area contributed by atoms with Crippen LogP contribution < -0.4 is 10.7 Å². The Morgan fingerprint density at radius 1 is 1.32 bits per heavy atom. The number of hydrogen-bond donors (Lipinski definition) is 3.